The van der Waals surface area contributed by atoms with Gasteiger partial charge in [0.15, 0.2) is 18.0 Å². The summed E-state index contributed by atoms with van der Waals surface area (Å²) in [6, 6.07) is 5.80. The van der Waals surface area contributed by atoms with E-state index in [1.807, 2.05) is 19.1 Å². The van der Waals surface area contributed by atoms with E-state index < -0.39 is 0 Å². The molecule has 3 aromatic rings. The van der Waals surface area contributed by atoms with E-state index in [2.05, 4.69) is 15.7 Å². The fourth-order valence-electron chi connectivity index (χ4n) is 3.88. The highest BCUT2D eigenvalue weighted by Crippen LogP contribution is 2.28. The molecule has 0 saturated heterocycles. The molecule has 3 aromatic heterocycles. The summed E-state index contributed by atoms with van der Waals surface area (Å²) in [5, 5.41) is 32.5. The maximum absolute atomic E-state index is 11.5. The zero-order valence-electron chi connectivity index (χ0n) is 16.0. The zero-order valence-corrected chi connectivity index (χ0v) is 16.0. The van der Waals surface area contributed by atoms with E-state index >= 15 is 0 Å². The average Bonchev–Trinajstić information content (AvgIpc) is 3.08. The predicted molar refractivity (Wildman–Crippen MR) is 107 cm³/mol. The molecule has 1 aliphatic rings. The van der Waals surface area contributed by atoms with Gasteiger partial charge in [-0.1, -0.05) is 12.8 Å². The first kappa shape index (κ1) is 18.5. The monoisotopic (exact) mass is 382 g/mol. The third-order valence-electron chi connectivity index (χ3n) is 5.44. The number of hydrogen-bond donors (Lipinski definition) is 3. The van der Waals surface area contributed by atoms with Crippen molar-refractivity contribution in [1.29, 1.82) is 0 Å². The summed E-state index contributed by atoms with van der Waals surface area (Å²) in [5.41, 5.74) is 2.66. The lowest BCUT2D eigenvalue weighted by Crippen LogP contribution is -2.34. The molecule has 0 spiro atoms. The Morgan fingerprint density at radius 1 is 1.36 bits per heavy atom. The quantitative estimate of drug-likeness (QED) is 0.446. The molecular formula is C20H26N6O2. The van der Waals surface area contributed by atoms with Crippen LogP contribution in [-0.4, -0.2) is 32.4 Å². The van der Waals surface area contributed by atoms with E-state index in [0.29, 0.717) is 6.54 Å². The smallest absolute Gasteiger partial charge is 0.185 e. The van der Waals surface area contributed by atoms with E-state index in [1.165, 1.54) is 12.6 Å². The molecule has 0 radical (unpaired) electrons. The second-order valence-corrected chi connectivity index (χ2v) is 7.49. The van der Waals surface area contributed by atoms with Gasteiger partial charge >= 0.3 is 0 Å². The van der Waals surface area contributed by atoms with Crippen LogP contribution in [0, 0.1) is 18.0 Å². The fourth-order valence-corrected chi connectivity index (χ4v) is 3.88. The van der Waals surface area contributed by atoms with Crippen LogP contribution in [0.15, 0.2) is 36.8 Å². The first-order chi connectivity index (χ1) is 13.6. The summed E-state index contributed by atoms with van der Waals surface area (Å²) in [6.07, 6.45) is 9.21. The van der Waals surface area contributed by atoms with Crippen molar-refractivity contribution in [2.24, 2.45) is 5.92 Å². The normalized spacial score (nSPS) is 19.6. The Morgan fingerprint density at radius 3 is 3.04 bits per heavy atom. The van der Waals surface area contributed by atoms with Crippen LogP contribution in [0.5, 0.6) is 0 Å². The van der Waals surface area contributed by atoms with Crippen LogP contribution in [0.4, 0.5) is 11.6 Å². The third kappa shape index (κ3) is 3.87. The van der Waals surface area contributed by atoms with Gasteiger partial charge < -0.3 is 20.9 Å². The summed E-state index contributed by atoms with van der Waals surface area (Å²) in [4.78, 5) is 4.74. The molecular weight excluding hydrogens is 356 g/mol. The van der Waals surface area contributed by atoms with Crippen LogP contribution in [-0.2, 0) is 6.54 Å². The minimum absolute atomic E-state index is 0.194. The minimum atomic E-state index is 0.194. The van der Waals surface area contributed by atoms with Crippen molar-refractivity contribution in [3.63, 3.8) is 0 Å². The predicted octanol–water partition coefficient (Wildman–Crippen LogP) is 2.25. The Kier molecular flexibility index (Phi) is 5.29. The molecule has 8 heteroatoms. The van der Waals surface area contributed by atoms with Crippen molar-refractivity contribution in [2.75, 3.05) is 17.2 Å². The van der Waals surface area contributed by atoms with Gasteiger partial charge in [0.25, 0.3) is 0 Å². The zero-order chi connectivity index (χ0) is 19.5. The van der Waals surface area contributed by atoms with Gasteiger partial charge in [0.05, 0.1) is 6.20 Å². The first-order valence-corrected chi connectivity index (χ1v) is 9.78. The van der Waals surface area contributed by atoms with Gasteiger partial charge in [-0.2, -0.15) is 14.3 Å². The molecule has 0 unspecified atom stereocenters. The van der Waals surface area contributed by atoms with E-state index in [-0.39, 0.29) is 18.6 Å². The van der Waals surface area contributed by atoms with Gasteiger partial charge in [0.2, 0.25) is 0 Å². The lowest BCUT2D eigenvalue weighted by molar-refractivity contribution is -0.605. The number of aliphatic hydroxyl groups excluding tert-OH is 1. The molecule has 8 nitrogen and oxygen atoms in total. The molecule has 0 bridgehead atoms. The largest absolute Gasteiger partial charge is 0.619 e. The molecule has 28 heavy (non-hydrogen) atoms. The van der Waals surface area contributed by atoms with Crippen molar-refractivity contribution in [2.45, 2.75) is 45.2 Å². The maximum atomic E-state index is 11.5. The van der Waals surface area contributed by atoms with Gasteiger partial charge in [0, 0.05) is 48.4 Å². The standard InChI is InChI=1S/C20H26N6O2/c1-14-10-22-26-19(21-11-15-5-4-8-25(28)12-15)9-18(24-20(14)26)23-17-7-3-2-6-16(17)13-27/h4-5,8-10,12,16-17,21,27H,2-3,6-7,11,13H2,1H3,(H,23,24)/t16-,17-/m1/s1. The SMILES string of the molecule is Cc1cnn2c(NCc3ccc[n+]([O-])c3)cc(N[C@@H]3CCCC[C@@H]3CO)nc12. The number of hydrogen-bond acceptors (Lipinski definition) is 6. The second-order valence-electron chi connectivity index (χ2n) is 7.49. The highest BCUT2D eigenvalue weighted by molar-refractivity contribution is 5.60. The molecule has 1 saturated carbocycles. The Bertz CT molecular complexity index is 957. The van der Waals surface area contributed by atoms with Crippen LogP contribution < -0.4 is 15.4 Å². The number of pyridine rings is 1. The third-order valence-corrected chi connectivity index (χ3v) is 5.44. The van der Waals surface area contributed by atoms with Gasteiger partial charge in [-0.15, -0.1) is 0 Å². The van der Waals surface area contributed by atoms with Crippen LogP contribution in [0.25, 0.3) is 5.65 Å². The van der Waals surface area contributed by atoms with Crippen LogP contribution >= 0.6 is 0 Å². The number of rotatable bonds is 6. The lowest BCUT2D eigenvalue weighted by atomic mass is 9.85. The Morgan fingerprint density at radius 2 is 2.21 bits per heavy atom. The second kappa shape index (κ2) is 8.02. The van der Waals surface area contributed by atoms with Gasteiger partial charge in [-0.25, -0.2) is 4.98 Å². The fraction of sp³-hybridized carbons (Fsp3) is 0.450. The van der Waals surface area contributed by atoms with Crippen molar-refractivity contribution in [3.8, 4) is 0 Å². The summed E-state index contributed by atoms with van der Waals surface area (Å²) in [6.45, 7) is 2.68. The molecule has 0 aromatic carbocycles. The van der Waals surface area contributed by atoms with Gasteiger partial charge in [0.1, 0.15) is 11.6 Å². The van der Waals surface area contributed by atoms with Crippen LogP contribution in [0.3, 0.4) is 0 Å². The summed E-state index contributed by atoms with van der Waals surface area (Å²) in [7, 11) is 0. The van der Waals surface area contributed by atoms with Crippen molar-refractivity contribution < 1.29 is 9.84 Å². The maximum Gasteiger partial charge on any atom is 0.185 e. The van der Waals surface area contributed by atoms with Crippen molar-refractivity contribution >= 4 is 17.3 Å². The number of aliphatic hydroxyl groups is 1. The lowest BCUT2D eigenvalue weighted by Gasteiger charge is -2.31. The van der Waals surface area contributed by atoms with Gasteiger partial charge in [-0.3, -0.25) is 0 Å². The topological polar surface area (TPSA) is 101 Å². The number of anilines is 2. The summed E-state index contributed by atoms with van der Waals surface area (Å²) >= 11 is 0. The Labute approximate surface area is 163 Å². The van der Waals surface area contributed by atoms with Crippen LogP contribution in [0.1, 0.15) is 36.8 Å². The molecule has 0 amide bonds. The molecule has 0 aliphatic heterocycles. The first-order valence-electron chi connectivity index (χ1n) is 9.78. The van der Waals surface area contributed by atoms with Crippen molar-refractivity contribution in [3.05, 3.63) is 53.1 Å². The van der Waals surface area contributed by atoms with E-state index in [4.69, 9.17) is 4.98 Å². The average molecular weight is 382 g/mol. The molecule has 4 rings (SSSR count). The summed E-state index contributed by atoms with van der Waals surface area (Å²) in [5.74, 6) is 1.83. The molecule has 3 N–H and O–H groups in total. The molecule has 3 heterocycles. The highest BCUT2D eigenvalue weighted by Gasteiger charge is 2.25. The van der Waals surface area contributed by atoms with E-state index in [0.717, 1.165) is 52.4 Å². The molecule has 1 fully saturated rings. The van der Waals surface area contributed by atoms with Crippen molar-refractivity contribution in [1.82, 2.24) is 14.6 Å². The number of fused-ring (bicyclic) bond motifs is 1. The minimum Gasteiger partial charge on any atom is -0.619 e. The number of aromatic nitrogens is 4. The Hall–Kier alpha value is -2.87. The molecule has 148 valence electrons. The molecule has 1 aliphatic carbocycles. The Balaban J connectivity index is 1.60. The van der Waals surface area contributed by atoms with Crippen LogP contribution in [0.2, 0.25) is 0 Å². The van der Waals surface area contributed by atoms with Gasteiger partial charge in [-0.05, 0) is 25.8 Å². The van der Waals surface area contributed by atoms with E-state index in [1.54, 1.807) is 23.0 Å². The summed E-state index contributed by atoms with van der Waals surface area (Å²) < 4.78 is 2.57. The number of nitrogens with zero attached hydrogens (tertiary/aromatic N) is 4. The molecule has 2 atom stereocenters. The number of nitrogens with one attached hydrogen (secondary N) is 2. The highest BCUT2D eigenvalue weighted by atomic mass is 16.5. The van der Waals surface area contributed by atoms with E-state index in [9.17, 15) is 10.3 Å². The number of aryl methyl sites for hydroxylation is 1.